The fourth-order valence-corrected chi connectivity index (χ4v) is 5.05. The Balaban J connectivity index is 1.44. The van der Waals surface area contributed by atoms with Crippen LogP contribution in [-0.2, 0) is 9.59 Å². The Kier molecular flexibility index (Phi) is 8.50. The number of likely N-dealkylation sites (tertiary alicyclic amines) is 2. The summed E-state index contributed by atoms with van der Waals surface area (Å²) in [5.41, 5.74) is -0.499. The molecule has 2 saturated heterocycles. The highest BCUT2D eigenvalue weighted by atomic mass is 35.5. The van der Waals surface area contributed by atoms with Crippen molar-refractivity contribution in [2.75, 3.05) is 39.4 Å². The third kappa shape index (κ3) is 7.10. The molecule has 0 saturated carbocycles. The normalized spacial score (nSPS) is 20.4. The zero-order valence-electron chi connectivity index (χ0n) is 19.9. The number of amides is 2. The molecule has 2 aromatic rings. The van der Waals surface area contributed by atoms with Gasteiger partial charge in [0, 0.05) is 43.0 Å². The summed E-state index contributed by atoms with van der Waals surface area (Å²) in [5.74, 6) is 0.684. The van der Waals surface area contributed by atoms with Crippen LogP contribution in [0.5, 0.6) is 11.5 Å². The summed E-state index contributed by atoms with van der Waals surface area (Å²) in [4.78, 5) is 30.0. The summed E-state index contributed by atoms with van der Waals surface area (Å²) in [6.45, 7) is 2.77. The number of ether oxygens (including phenoxy) is 2. The lowest BCUT2D eigenvalue weighted by molar-refractivity contribution is -0.143. The predicted octanol–water partition coefficient (Wildman–Crippen LogP) is 4.95. The van der Waals surface area contributed by atoms with E-state index in [2.05, 4.69) is 0 Å². The van der Waals surface area contributed by atoms with Gasteiger partial charge in [0.2, 0.25) is 5.91 Å². The van der Waals surface area contributed by atoms with Gasteiger partial charge in [-0.1, -0.05) is 17.7 Å². The van der Waals surface area contributed by atoms with Gasteiger partial charge in [0.05, 0.1) is 6.61 Å². The van der Waals surface area contributed by atoms with E-state index >= 15 is 0 Å². The third-order valence-corrected chi connectivity index (χ3v) is 7.00. The van der Waals surface area contributed by atoms with Crippen LogP contribution in [0.1, 0.15) is 38.5 Å². The lowest BCUT2D eigenvalue weighted by Crippen LogP contribution is -2.52. The first-order valence-electron chi connectivity index (χ1n) is 12.2. The summed E-state index contributed by atoms with van der Waals surface area (Å²) in [7, 11) is 0. The topological polar surface area (TPSA) is 59.1 Å². The van der Waals surface area contributed by atoms with E-state index in [4.69, 9.17) is 21.1 Å². The minimum atomic E-state index is -0.499. The molecular formula is C27H32ClFN2O4. The van der Waals surface area contributed by atoms with Crippen LogP contribution in [0.2, 0.25) is 5.02 Å². The highest BCUT2D eigenvalue weighted by Crippen LogP contribution is 2.36. The maximum absolute atomic E-state index is 13.2. The van der Waals surface area contributed by atoms with E-state index in [0.29, 0.717) is 42.6 Å². The number of nitrogens with zero attached hydrogens (tertiary/aromatic N) is 2. The molecule has 2 fully saturated rings. The first kappa shape index (κ1) is 25.3. The number of carbonyl (C=O) groups is 2. The Hall–Kier alpha value is -2.80. The maximum Gasteiger partial charge on any atom is 0.260 e. The van der Waals surface area contributed by atoms with Crippen molar-refractivity contribution in [3.8, 4) is 11.5 Å². The van der Waals surface area contributed by atoms with Gasteiger partial charge in [0.15, 0.2) is 6.61 Å². The van der Waals surface area contributed by atoms with Crippen molar-refractivity contribution in [2.24, 2.45) is 5.41 Å². The van der Waals surface area contributed by atoms with E-state index in [9.17, 15) is 14.0 Å². The second-order valence-electron chi connectivity index (χ2n) is 9.53. The highest BCUT2D eigenvalue weighted by molar-refractivity contribution is 6.30. The van der Waals surface area contributed by atoms with Crippen LogP contribution >= 0.6 is 11.6 Å². The molecule has 2 aliphatic heterocycles. The van der Waals surface area contributed by atoms with Gasteiger partial charge >= 0.3 is 0 Å². The van der Waals surface area contributed by atoms with Crippen LogP contribution in [0.25, 0.3) is 0 Å². The molecule has 188 valence electrons. The molecule has 8 heteroatoms. The average Bonchev–Trinajstić information content (AvgIpc) is 2.88. The van der Waals surface area contributed by atoms with Crippen molar-refractivity contribution in [3.63, 3.8) is 0 Å². The second-order valence-corrected chi connectivity index (χ2v) is 9.96. The van der Waals surface area contributed by atoms with Crippen LogP contribution in [0.4, 0.5) is 4.39 Å². The van der Waals surface area contributed by atoms with Crippen molar-refractivity contribution in [2.45, 2.75) is 38.5 Å². The molecule has 2 amide bonds. The number of piperidine rings is 2. The number of benzene rings is 2. The van der Waals surface area contributed by atoms with E-state index in [1.165, 1.54) is 24.3 Å². The monoisotopic (exact) mass is 502 g/mol. The molecule has 0 unspecified atom stereocenters. The van der Waals surface area contributed by atoms with Gasteiger partial charge in [0.1, 0.15) is 17.3 Å². The number of rotatable bonds is 8. The number of halogens is 2. The Morgan fingerprint density at radius 2 is 1.63 bits per heavy atom. The van der Waals surface area contributed by atoms with Gasteiger partial charge in [-0.3, -0.25) is 9.59 Å². The summed E-state index contributed by atoms with van der Waals surface area (Å²) in [6.07, 6.45) is 5.11. The average molecular weight is 503 g/mol. The van der Waals surface area contributed by atoms with Gasteiger partial charge in [-0.25, -0.2) is 4.39 Å². The zero-order chi connectivity index (χ0) is 24.7. The minimum Gasteiger partial charge on any atom is -0.493 e. The Morgan fingerprint density at radius 1 is 0.886 bits per heavy atom. The summed E-state index contributed by atoms with van der Waals surface area (Å²) < 4.78 is 24.8. The number of hydrogen-bond acceptors (Lipinski definition) is 4. The molecule has 0 aliphatic carbocycles. The SMILES string of the molecule is O=C(C[C@]1(COc2cccc(Cl)c2)CCCN(C(=O)COc2ccc(F)cc2)C1)N1CCCCC1. The standard InChI is InChI=1S/C27H32ClFN2O4/c28-21-6-4-7-24(16-21)35-20-27(17-25(32)30-13-2-1-3-14-30)12-5-15-31(19-27)26(33)18-34-23-10-8-22(29)9-11-23/h4,6-11,16H,1-3,5,12-15,17-20H2/t27-/m1/s1. The van der Waals surface area contributed by atoms with Gasteiger partial charge in [-0.2, -0.15) is 0 Å². The fraction of sp³-hybridized carbons (Fsp3) is 0.481. The van der Waals surface area contributed by atoms with Crippen LogP contribution < -0.4 is 9.47 Å². The molecule has 0 N–H and O–H groups in total. The van der Waals surface area contributed by atoms with E-state index in [-0.39, 0.29) is 24.2 Å². The van der Waals surface area contributed by atoms with Gasteiger partial charge in [-0.05, 0) is 74.6 Å². The number of hydrogen-bond donors (Lipinski definition) is 0. The number of carbonyl (C=O) groups excluding carboxylic acids is 2. The second kappa shape index (κ2) is 11.8. The van der Waals surface area contributed by atoms with E-state index < -0.39 is 5.41 Å². The van der Waals surface area contributed by atoms with Crippen molar-refractivity contribution >= 4 is 23.4 Å². The Morgan fingerprint density at radius 3 is 2.37 bits per heavy atom. The van der Waals surface area contributed by atoms with Crippen molar-refractivity contribution in [1.29, 1.82) is 0 Å². The molecule has 1 atom stereocenters. The third-order valence-electron chi connectivity index (χ3n) is 6.77. The van der Waals surface area contributed by atoms with Crippen LogP contribution in [0.15, 0.2) is 48.5 Å². The molecule has 35 heavy (non-hydrogen) atoms. The van der Waals surface area contributed by atoms with Crippen molar-refractivity contribution < 1.29 is 23.5 Å². The van der Waals surface area contributed by atoms with Crippen molar-refractivity contribution in [3.05, 3.63) is 59.4 Å². The van der Waals surface area contributed by atoms with E-state index in [0.717, 1.165) is 45.2 Å². The fourth-order valence-electron chi connectivity index (χ4n) is 4.87. The van der Waals surface area contributed by atoms with Crippen LogP contribution in [-0.4, -0.2) is 61.0 Å². The highest BCUT2D eigenvalue weighted by Gasteiger charge is 2.41. The lowest BCUT2D eigenvalue weighted by Gasteiger charge is -2.43. The molecular weight excluding hydrogens is 471 g/mol. The summed E-state index contributed by atoms with van der Waals surface area (Å²) in [6, 6.07) is 12.8. The van der Waals surface area contributed by atoms with E-state index in [1.807, 2.05) is 17.0 Å². The van der Waals surface area contributed by atoms with Crippen LogP contribution in [0.3, 0.4) is 0 Å². The molecule has 2 heterocycles. The molecule has 0 radical (unpaired) electrons. The summed E-state index contributed by atoms with van der Waals surface area (Å²) >= 11 is 6.12. The van der Waals surface area contributed by atoms with Crippen molar-refractivity contribution in [1.82, 2.24) is 9.80 Å². The predicted molar refractivity (Wildman–Crippen MR) is 132 cm³/mol. The smallest absolute Gasteiger partial charge is 0.260 e. The van der Waals surface area contributed by atoms with Gasteiger partial charge in [-0.15, -0.1) is 0 Å². The Labute approximate surface area is 210 Å². The minimum absolute atomic E-state index is 0.122. The molecule has 4 rings (SSSR count). The largest absolute Gasteiger partial charge is 0.493 e. The molecule has 6 nitrogen and oxygen atoms in total. The molecule has 2 aliphatic rings. The van der Waals surface area contributed by atoms with Gasteiger partial charge < -0.3 is 19.3 Å². The van der Waals surface area contributed by atoms with Crippen LogP contribution in [0, 0.1) is 11.2 Å². The Bertz CT molecular complexity index is 1010. The maximum atomic E-state index is 13.2. The lowest BCUT2D eigenvalue weighted by atomic mass is 9.77. The quantitative estimate of drug-likeness (QED) is 0.512. The molecule has 0 aromatic heterocycles. The molecule has 0 spiro atoms. The van der Waals surface area contributed by atoms with E-state index in [1.54, 1.807) is 17.0 Å². The molecule has 2 aromatic carbocycles. The molecule has 0 bridgehead atoms. The summed E-state index contributed by atoms with van der Waals surface area (Å²) in [5, 5.41) is 0.583. The van der Waals surface area contributed by atoms with Gasteiger partial charge in [0.25, 0.3) is 5.91 Å². The first-order chi connectivity index (χ1) is 16.9. The zero-order valence-corrected chi connectivity index (χ0v) is 20.6. The first-order valence-corrected chi connectivity index (χ1v) is 12.6.